The second kappa shape index (κ2) is 9.74. The molecule has 1 fully saturated rings. The van der Waals surface area contributed by atoms with Crippen molar-refractivity contribution in [2.24, 2.45) is 0 Å². The van der Waals surface area contributed by atoms with Gasteiger partial charge in [-0.2, -0.15) is 0 Å². The summed E-state index contributed by atoms with van der Waals surface area (Å²) in [4.78, 5) is 30.3. The standard InChI is InChI=1S/C29H29FN2O3/c1-5-31(6-2)21-12-14-22(15-13-21)32-26(23-10-8-7-9-18(23)3)25(28(34)29(32)35)27(33)20-11-16-24(30)19(4)17-20/h7-17,26,33H,5-6H2,1-4H3/b27-25+. The second-order valence-electron chi connectivity index (χ2n) is 8.68. The first kappa shape index (κ1) is 24.2. The number of aliphatic hydroxyl groups is 1. The first-order valence-electron chi connectivity index (χ1n) is 11.8. The quantitative estimate of drug-likeness (QED) is 0.275. The Kier molecular flexibility index (Phi) is 6.74. The lowest BCUT2D eigenvalue weighted by Gasteiger charge is -2.27. The third-order valence-corrected chi connectivity index (χ3v) is 6.62. The van der Waals surface area contributed by atoms with Crippen LogP contribution in [-0.4, -0.2) is 29.9 Å². The lowest BCUT2D eigenvalue weighted by molar-refractivity contribution is -0.132. The van der Waals surface area contributed by atoms with Gasteiger partial charge in [-0.15, -0.1) is 0 Å². The van der Waals surface area contributed by atoms with E-state index in [0.717, 1.165) is 29.9 Å². The van der Waals surface area contributed by atoms with Crippen molar-refractivity contribution in [3.8, 4) is 0 Å². The van der Waals surface area contributed by atoms with Gasteiger partial charge in [0.1, 0.15) is 11.6 Å². The molecule has 6 heteroatoms. The molecular formula is C29H29FN2O3. The zero-order valence-corrected chi connectivity index (χ0v) is 20.4. The smallest absolute Gasteiger partial charge is 0.300 e. The molecule has 3 aromatic rings. The number of halogens is 1. The van der Waals surface area contributed by atoms with Crippen molar-refractivity contribution < 1.29 is 19.1 Å². The number of nitrogens with zero attached hydrogens (tertiary/aromatic N) is 2. The maximum atomic E-state index is 13.9. The van der Waals surface area contributed by atoms with Crippen LogP contribution in [-0.2, 0) is 9.59 Å². The topological polar surface area (TPSA) is 60.9 Å². The first-order valence-corrected chi connectivity index (χ1v) is 11.8. The van der Waals surface area contributed by atoms with E-state index >= 15 is 0 Å². The number of Topliss-reactive ketones (excluding diaryl/α,β-unsaturated/α-hetero) is 1. The summed E-state index contributed by atoms with van der Waals surface area (Å²) < 4.78 is 13.9. The van der Waals surface area contributed by atoms with Crippen molar-refractivity contribution in [1.82, 2.24) is 0 Å². The molecule has 0 bridgehead atoms. The number of ketones is 1. The molecule has 0 aliphatic carbocycles. The lowest BCUT2D eigenvalue weighted by atomic mass is 9.92. The van der Waals surface area contributed by atoms with Crippen molar-refractivity contribution in [3.05, 3.63) is 100 Å². The molecule has 35 heavy (non-hydrogen) atoms. The fourth-order valence-corrected chi connectivity index (χ4v) is 4.65. The van der Waals surface area contributed by atoms with E-state index in [0.29, 0.717) is 11.3 Å². The Labute approximate surface area is 205 Å². The number of aliphatic hydroxyl groups excluding tert-OH is 1. The number of hydrogen-bond acceptors (Lipinski definition) is 4. The molecule has 0 radical (unpaired) electrons. The van der Waals surface area contributed by atoms with Crippen LogP contribution in [0.2, 0.25) is 0 Å². The Morgan fingerprint density at radius 3 is 2.20 bits per heavy atom. The lowest BCUT2D eigenvalue weighted by Crippen LogP contribution is -2.30. The number of rotatable bonds is 6. The Hall–Kier alpha value is -3.93. The Morgan fingerprint density at radius 1 is 0.943 bits per heavy atom. The maximum Gasteiger partial charge on any atom is 0.300 e. The van der Waals surface area contributed by atoms with Gasteiger partial charge in [-0.25, -0.2) is 4.39 Å². The molecule has 1 heterocycles. The molecule has 3 aromatic carbocycles. The number of benzene rings is 3. The molecule has 1 saturated heterocycles. The van der Waals surface area contributed by atoms with E-state index in [1.165, 1.54) is 23.1 Å². The van der Waals surface area contributed by atoms with Gasteiger partial charge in [0.15, 0.2) is 0 Å². The molecule has 0 spiro atoms. The summed E-state index contributed by atoms with van der Waals surface area (Å²) in [5.74, 6) is -2.22. The van der Waals surface area contributed by atoms with Gasteiger partial charge in [-0.05, 0) is 86.8 Å². The molecule has 1 aliphatic heterocycles. The number of hydrogen-bond donors (Lipinski definition) is 1. The van der Waals surface area contributed by atoms with Crippen molar-refractivity contribution in [2.75, 3.05) is 22.9 Å². The predicted molar refractivity (Wildman–Crippen MR) is 137 cm³/mol. The average Bonchev–Trinajstić information content (AvgIpc) is 3.12. The minimum Gasteiger partial charge on any atom is -0.507 e. The molecule has 5 nitrogen and oxygen atoms in total. The van der Waals surface area contributed by atoms with E-state index in [1.807, 2.05) is 55.5 Å². The highest BCUT2D eigenvalue weighted by molar-refractivity contribution is 6.51. The van der Waals surface area contributed by atoms with Gasteiger partial charge in [0.2, 0.25) is 0 Å². The van der Waals surface area contributed by atoms with Crippen LogP contribution in [0.3, 0.4) is 0 Å². The van der Waals surface area contributed by atoms with Crippen LogP contribution in [0.1, 0.15) is 42.1 Å². The molecule has 0 aromatic heterocycles. The third kappa shape index (κ3) is 4.32. The van der Waals surface area contributed by atoms with E-state index < -0.39 is 23.5 Å². The molecule has 0 saturated carbocycles. The summed E-state index contributed by atoms with van der Waals surface area (Å²) in [6.45, 7) is 9.33. The third-order valence-electron chi connectivity index (χ3n) is 6.62. The molecule has 1 atom stereocenters. The Balaban J connectivity index is 1.90. The van der Waals surface area contributed by atoms with Crippen molar-refractivity contribution in [2.45, 2.75) is 33.7 Å². The first-order chi connectivity index (χ1) is 16.8. The number of carbonyl (C=O) groups is 2. The van der Waals surface area contributed by atoms with Crippen LogP contribution in [0.15, 0.2) is 72.3 Å². The van der Waals surface area contributed by atoms with Crippen LogP contribution in [0.4, 0.5) is 15.8 Å². The Bertz CT molecular complexity index is 1310. The highest BCUT2D eigenvalue weighted by atomic mass is 19.1. The minimum atomic E-state index is -0.819. The van der Waals surface area contributed by atoms with Crippen LogP contribution in [0.5, 0.6) is 0 Å². The molecule has 1 aliphatic rings. The summed E-state index contributed by atoms with van der Waals surface area (Å²) >= 11 is 0. The van der Waals surface area contributed by atoms with E-state index in [2.05, 4.69) is 18.7 Å². The summed E-state index contributed by atoms with van der Waals surface area (Å²) in [5, 5.41) is 11.2. The van der Waals surface area contributed by atoms with Gasteiger partial charge in [0, 0.05) is 30.0 Å². The van der Waals surface area contributed by atoms with Crippen molar-refractivity contribution >= 4 is 28.8 Å². The molecule has 180 valence electrons. The monoisotopic (exact) mass is 472 g/mol. The molecule has 1 amide bonds. The maximum absolute atomic E-state index is 13.9. The number of aryl methyl sites for hydroxylation is 2. The second-order valence-corrected chi connectivity index (χ2v) is 8.68. The van der Waals surface area contributed by atoms with Crippen LogP contribution < -0.4 is 9.80 Å². The van der Waals surface area contributed by atoms with Gasteiger partial charge in [-0.1, -0.05) is 24.3 Å². The normalized spacial score (nSPS) is 17.2. The minimum absolute atomic E-state index is 0.0110. The van der Waals surface area contributed by atoms with E-state index in [4.69, 9.17) is 0 Å². The van der Waals surface area contributed by atoms with Gasteiger partial charge in [-0.3, -0.25) is 14.5 Å². The fraction of sp³-hybridized carbons (Fsp3) is 0.241. The number of carbonyl (C=O) groups excluding carboxylic acids is 2. The molecule has 1 unspecified atom stereocenters. The molecular weight excluding hydrogens is 443 g/mol. The van der Waals surface area contributed by atoms with Crippen LogP contribution in [0, 0.1) is 19.7 Å². The van der Waals surface area contributed by atoms with E-state index in [9.17, 15) is 19.1 Å². The summed E-state index contributed by atoms with van der Waals surface area (Å²) in [5.41, 5.74) is 3.81. The zero-order valence-electron chi connectivity index (χ0n) is 20.4. The van der Waals surface area contributed by atoms with Gasteiger partial charge in [0.05, 0.1) is 11.6 Å². The fourth-order valence-electron chi connectivity index (χ4n) is 4.65. The summed E-state index contributed by atoms with van der Waals surface area (Å²) in [6.07, 6.45) is 0. The van der Waals surface area contributed by atoms with Crippen molar-refractivity contribution in [1.29, 1.82) is 0 Å². The van der Waals surface area contributed by atoms with Crippen LogP contribution in [0.25, 0.3) is 5.76 Å². The average molecular weight is 473 g/mol. The summed E-state index contributed by atoms with van der Waals surface area (Å²) in [7, 11) is 0. The highest BCUT2D eigenvalue weighted by Gasteiger charge is 2.47. The summed E-state index contributed by atoms with van der Waals surface area (Å²) in [6, 6.07) is 18.3. The van der Waals surface area contributed by atoms with E-state index in [1.54, 1.807) is 6.92 Å². The van der Waals surface area contributed by atoms with Crippen LogP contribution >= 0.6 is 0 Å². The predicted octanol–water partition coefficient (Wildman–Crippen LogP) is 5.92. The van der Waals surface area contributed by atoms with Gasteiger partial charge >= 0.3 is 0 Å². The number of anilines is 2. The molecule has 4 rings (SSSR count). The van der Waals surface area contributed by atoms with Gasteiger partial charge < -0.3 is 10.0 Å². The van der Waals surface area contributed by atoms with Gasteiger partial charge in [0.25, 0.3) is 11.7 Å². The van der Waals surface area contributed by atoms with Crippen molar-refractivity contribution in [3.63, 3.8) is 0 Å². The SMILES string of the molecule is CCN(CC)c1ccc(N2C(=O)C(=O)/C(=C(/O)c3ccc(F)c(C)c3)C2c2ccccc2C)cc1. The molecule has 1 N–H and O–H groups in total. The number of amides is 1. The Morgan fingerprint density at radius 2 is 1.60 bits per heavy atom. The highest BCUT2D eigenvalue weighted by Crippen LogP contribution is 2.43. The zero-order chi connectivity index (χ0) is 25.3. The largest absolute Gasteiger partial charge is 0.507 e. The van der Waals surface area contributed by atoms with E-state index in [-0.39, 0.29) is 16.9 Å².